The molecule has 1 fully saturated rings. The van der Waals surface area contributed by atoms with Crippen LogP contribution in [0, 0.1) is 0 Å². The van der Waals surface area contributed by atoms with Gasteiger partial charge in [-0.25, -0.2) is 9.78 Å². The second kappa shape index (κ2) is 8.69. The van der Waals surface area contributed by atoms with Gasteiger partial charge in [-0.1, -0.05) is 13.8 Å². The Kier molecular flexibility index (Phi) is 5.56. The first-order valence-corrected chi connectivity index (χ1v) is 12.9. The number of aromatic nitrogens is 2. The summed E-state index contributed by atoms with van der Waals surface area (Å²) in [5.74, 6) is -0.140. The minimum atomic E-state index is -1.85. The van der Waals surface area contributed by atoms with Gasteiger partial charge in [0.1, 0.15) is 12.4 Å². The predicted molar refractivity (Wildman–Crippen MR) is 135 cm³/mol. The zero-order valence-electron chi connectivity index (χ0n) is 21.0. The minimum absolute atomic E-state index is 0.00114. The summed E-state index contributed by atoms with van der Waals surface area (Å²) in [5.41, 5.74) is 2.49. The van der Waals surface area contributed by atoms with Crippen molar-refractivity contribution in [3.05, 3.63) is 56.9 Å². The lowest BCUT2D eigenvalue weighted by molar-refractivity contribution is -0.172. The van der Waals surface area contributed by atoms with Crippen molar-refractivity contribution in [2.45, 2.75) is 58.3 Å². The Hall–Kier alpha value is -3.72. The van der Waals surface area contributed by atoms with Gasteiger partial charge in [0.15, 0.2) is 12.2 Å². The number of esters is 1. The van der Waals surface area contributed by atoms with Crippen LogP contribution in [0.5, 0.6) is 5.75 Å². The number of carbonyl (C=O) groups excluding carboxylic acids is 2. The largest absolute Gasteiger partial charge is 0.484 e. The molecule has 1 amide bonds. The number of carbonyl (C=O) groups is 2. The van der Waals surface area contributed by atoms with E-state index in [1.807, 2.05) is 17.0 Å². The maximum absolute atomic E-state index is 13.5. The molecule has 1 atom stereocenters. The Labute approximate surface area is 213 Å². The average Bonchev–Trinajstić information content (AvgIpc) is 3.57. The molecule has 0 saturated carbocycles. The maximum atomic E-state index is 13.5. The first-order valence-electron chi connectivity index (χ1n) is 12.9. The van der Waals surface area contributed by atoms with Gasteiger partial charge < -0.3 is 24.0 Å². The van der Waals surface area contributed by atoms with Gasteiger partial charge in [0, 0.05) is 29.6 Å². The van der Waals surface area contributed by atoms with E-state index in [1.165, 1.54) is 0 Å². The molecule has 0 unspecified atom stereocenters. The zero-order chi connectivity index (χ0) is 25.9. The van der Waals surface area contributed by atoms with E-state index in [0.717, 1.165) is 48.0 Å². The number of hydrogen-bond donors (Lipinski definition) is 1. The van der Waals surface area contributed by atoms with Gasteiger partial charge >= 0.3 is 5.97 Å². The Morgan fingerprint density at radius 3 is 2.68 bits per heavy atom. The number of nitrogens with zero attached hydrogens (tertiary/aromatic N) is 3. The van der Waals surface area contributed by atoms with Gasteiger partial charge in [-0.15, -0.1) is 0 Å². The van der Waals surface area contributed by atoms with Crippen molar-refractivity contribution < 1.29 is 24.2 Å². The van der Waals surface area contributed by atoms with Crippen LogP contribution in [-0.2, 0) is 39.5 Å². The van der Waals surface area contributed by atoms with E-state index in [2.05, 4.69) is 6.92 Å². The van der Waals surface area contributed by atoms with Crippen LogP contribution in [0.25, 0.3) is 22.3 Å². The Morgan fingerprint density at radius 1 is 1.16 bits per heavy atom. The fourth-order valence-corrected chi connectivity index (χ4v) is 5.84. The molecule has 3 aliphatic rings. The zero-order valence-corrected chi connectivity index (χ0v) is 21.0. The first-order chi connectivity index (χ1) is 17.9. The number of rotatable bonds is 5. The molecule has 9 nitrogen and oxygen atoms in total. The summed E-state index contributed by atoms with van der Waals surface area (Å²) in [6, 6.07) is 7.31. The highest BCUT2D eigenvalue weighted by Crippen LogP contribution is 2.40. The monoisotopic (exact) mass is 503 g/mol. The summed E-state index contributed by atoms with van der Waals surface area (Å²) in [5, 5.41) is 12.0. The van der Waals surface area contributed by atoms with E-state index >= 15 is 0 Å². The molecule has 0 spiro atoms. The average molecular weight is 504 g/mol. The number of aliphatic hydroxyl groups is 1. The highest BCUT2D eigenvalue weighted by molar-refractivity contribution is 5.90. The molecule has 37 heavy (non-hydrogen) atoms. The molecule has 0 aliphatic carbocycles. The number of benzene rings is 1. The van der Waals surface area contributed by atoms with Crippen molar-refractivity contribution in [1.29, 1.82) is 0 Å². The van der Waals surface area contributed by atoms with Crippen LogP contribution < -0.4 is 10.3 Å². The summed E-state index contributed by atoms with van der Waals surface area (Å²) in [7, 11) is 0. The highest BCUT2D eigenvalue weighted by atomic mass is 16.6. The van der Waals surface area contributed by atoms with Gasteiger partial charge in [-0.05, 0) is 55.5 Å². The van der Waals surface area contributed by atoms with Gasteiger partial charge in [0.2, 0.25) is 0 Å². The molecular formula is C28H29N3O6. The van der Waals surface area contributed by atoms with E-state index in [9.17, 15) is 19.5 Å². The molecule has 6 rings (SSSR count). The fourth-order valence-electron chi connectivity index (χ4n) is 5.84. The van der Waals surface area contributed by atoms with E-state index in [1.54, 1.807) is 23.6 Å². The van der Waals surface area contributed by atoms with Crippen LogP contribution >= 0.6 is 0 Å². The number of hydrogen-bond acceptors (Lipinski definition) is 7. The van der Waals surface area contributed by atoms with E-state index < -0.39 is 11.6 Å². The highest BCUT2D eigenvalue weighted by Gasteiger charge is 2.45. The number of pyridine rings is 2. The molecule has 1 aromatic carbocycles. The van der Waals surface area contributed by atoms with Crippen LogP contribution in [0.15, 0.2) is 29.1 Å². The number of aryl methyl sites for hydroxylation is 1. The van der Waals surface area contributed by atoms with Gasteiger partial charge in [-0.3, -0.25) is 9.59 Å². The van der Waals surface area contributed by atoms with Crippen molar-refractivity contribution in [2.24, 2.45) is 0 Å². The van der Waals surface area contributed by atoms with Crippen LogP contribution in [0.2, 0.25) is 0 Å². The van der Waals surface area contributed by atoms with Crippen molar-refractivity contribution in [3.63, 3.8) is 0 Å². The van der Waals surface area contributed by atoms with Crippen molar-refractivity contribution in [1.82, 2.24) is 14.5 Å². The summed E-state index contributed by atoms with van der Waals surface area (Å²) in [4.78, 5) is 45.0. The Morgan fingerprint density at radius 2 is 1.95 bits per heavy atom. The number of likely N-dealkylation sites (tertiary alicyclic amines) is 1. The SMILES string of the molecule is CCc1c2c(nc3ccc(OCC(=O)N4CCCC4)cc13)-c1cc3c(c(=O)n1C2)COC(=O)[C@]3(O)CC. The summed E-state index contributed by atoms with van der Waals surface area (Å²) >= 11 is 0. The quantitative estimate of drug-likeness (QED) is 0.417. The molecule has 1 saturated heterocycles. The lowest BCUT2D eigenvalue weighted by atomic mass is 9.86. The third-order valence-electron chi connectivity index (χ3n) is 7.95. The summed E-state index contributed by atoms with van der Waals surface area (Å²) in [6.45, 7) is 5.51. The van der Waals surface area contributed by atoms with E-state index in [0.29, 0.717) is 41.2 Å². The molecule has 5 heterocycles. The summed E-state index contributed by atoms with van der Waals surface area (Å²) < 4.78 is 12.7. The minimum Gasteiger partial charge on any atom is -0.484 e. The lowest BCUT2D eigenvalue weighted by Crippen LogP contribution is -2.44. The number of cyclic esters (lactones) is 1. The normalized spacial score (nSPS) is 20.0. The predicted octanol–water partition coefficient (Wildman–Crippen LogP) is 2.64. The summed E-state index contributed by atoms with van der Waals surface area (Å²) in [6.07, 6.45) is 2.88. The maximum Gasteiger partial charge on any atom is 0.343 e. The van der Waals surface area contributed by atoms with Gasteiger partial charge in [0.05, 0.1) is 29.0 Å². The molecule has 9 heteroatoms. The third-order valence-corrected chi connectivity index (χ3v) is 7.95. The van der Waals surface area contributed by atoms with Crippen LogP contribution in [0.3, 0.4) is 0 Å². The van der Waals surface area contributed by atoms with Gasteiger partial charge in [0.25, 0.3) is 11.5 Å². The van der Waals surface area contributed by atoms with Crippen LogP contribution in [0.1, 0.15) is 55.4 Å². The topological polar surface area (TPSA) is 111 Å². The van der Waals surface area contributed by atoms with Crippen LogP contribution in [-0.4, -0.2) is 51.1 Å². The Balaban J connectivity index is 1.41. The molecule has 0 bridgehead atoms. The number of fused-ring (bicyclic) bond motifs is 5. The second-order valence-corrected chi connectivity index (χ2v) is 9.93. The molecule has 1 N–H and O–H groups in total. The van der Waals surface area contributed by atoms with Crippen LogP contribution in [0.4, 0.5) is 0 Å². The number of ether oxygens (including phenoxy) is 2. The fraction of sp³-hybridized carbons (Fsp3) is 0.429. The molecule has 2 aromatic heterocycles. The lowest BCUT2D eigenvalue weighted by Gasteiger charge is -2.31. The molecule has 3 aliphatic heterocycles. The Bertz CT molecular complexity index is 1520. The van der Waals surface area contributed by atoms with Crippen molar-refractivity contribution >= 4 is 22.8 Å². The van der Waals surface area contributed by atoms with E-state index in [-0.39, 0.29) is 31.1 Å². The standard InChI is InChI=1S/C28H29N3O6/c1-3-17-18-11-16(36-15-24(32)30-9-5-6-10-30)7-8-22(18)29-25-19(17)13-31-23(25)12-21-20(26(31)33)14-37-27(34)28(21,35)4-2/h7-8,11-12,35H,3-6,9-10,13-15H2,1-2H3/t28-/m0/s1. The number of amides is 1. The first kappa shape index (κ1) is 23.7. The molecule has 3 aromatic rings. The third kappa shape index (κ3) is 3.55. The second-order valence-electron chi connectivity index (χ2n) is 9.93. The molecule has 0 radical (unpaired) electrons. The molecule has 192 valence electrons. The van der Waals surface area contributed by atoms with E-state index in [4.69, 9.17) is 14.5 Å². The smallest absolute Gasteiger partial charge is 0.343 e. The van der Waals surface area contributed by atoms with Gasteiger partial charge in [-0.2, -0.15) is 0 Å². The van der Waals surface area contributed by atoms with Crippen molar-refractivity contribution in [3.8, 4) is 17.1 Å². The molecular weight excluding hydrogens is 474 g/mol. The van der Waals surface area contributed by atoms with Crippen molar-refractivity contribution in [2.75, 3.05) is 19.7 Å².